The standard InChI is InChI=1S/C13H22N4/c1-4-8-17(9-5-2)13-11(12(14)15)7-6-10(3)16-13/h6-7H,4-5,8-9H2,1-3H3,(H3,14,15). The highest BCUT2D eigenvalue weighted by molar-refractivity contribution is 5.99. The lowest BCUT2D eigenvalue weighted by molar-refractivity contribution is 0.732. The van der Waals surface area contributed by atoms with Crippen molar-refractivity contribution in [3.05, 3.63) is 23.4 Å². The number of pyridine rings is 1. The zero-order valence-corrected chi connectivity index (χ0v) is 11.0. The summed E-state index contributed by atoms with van der Waals surface area (Å²) >= 11 is 0. The molecule has 0 saturated heterocycles. The fourth-order valence-electron chi connectivity index (χ4n) is 1.86. The van der Waals surface area contributed by atoms with E-state index in [1.54, 1.807) is 0 Å². The Morgan fingerprint density at radius 2 is 1.88 bits per heavy atom. The molecule has 4 nitrogen and oxygen atoms in total. The van der Waals surface area contributed by atoms with E-state index in [0.717, 1.165) is 43.0 Å². The summed E-state index contributed by atoms with van der Waals surface area (Å²) in [6.07, 6.45) is 2.12. The molecule has 17 heavy (non-hydrogen) atoms. The van der Waals surface area contributed by atoms with Gasteiger partial charge in [0.1, 0.15) is 11.7 Å². The van der Waals surface area contributed by atoms with Crippen molar-refractivity contribution in [2.75, 3.05) is 18.0 Å². The first kappa shape index (κ1) is 13.5. The lowest BCUT2D eigenvalue weighted by atomic mass is 10.2. The number of rotatable bonds is 6. The van der Waals surface area contributed by atoms with Crippen LogP contribution in [0.3, 0.4) is 0 Å². The second kappa shape index (κ2) is 6.23. The number of hydrogen-bond donors (Lipinski definition) is 2. The molecule has 0 unspecified atom stereocenters. The summed E-state index contributed by atoms with van der Waals surface area (Å²) < 4.78 is 0. The smallest absolute Gasteiger partial charge is 0.139 e. The Morgan fingerprint density at radius 3 is 2.35 bits per heavy atom. The van der Waals surface area contributed by atoms with Gasteiger partial charge < -0.3 is 10.6 Å². The largest absolute Gasteiger partial charge is 0.384 e. The van der Waals surface area contributed by atoms with E-state index in [1.165, 1.54) is 0 Å². The molecule has 0 amide bonds. The molecule has 1 aromatic heterocycles. The maximum Gasteiger partial charge on any atom is 0.139 e. The van der Waals surface area contributed by atoms with Gasteiger partial charge in [-0.1, -0.05) is 13.8 Å². The van der Waals surface area contributed by atoms with Gasteiger partial charge in [0.05, 0.1) is 5.56 Å². The van der Waals surface area contributed by atoms with Crippen LogP contribution in [0.1, 0.15) is 37.9 Å². The maximum atomic E-state index is 7.62. The molecule has 1 aromatic rings. The first-order valence-corrected chi connectivity index (χ1v) is 6.17. The zero-order valence-electron chi connectivity index (χ0n) is 11.0. The summed E-state index contributed by atoms with van der Waals surface area (Å²) in [5.41, 5.74) is 7.31. The average molecular weight is 234 g/mol. The van der Waals surface area contributed by atoms with Crippen molar-refractivity contribution in [1.29, 1.82) is 5.41 Å². The molecule has 94 valence electrons. The minimum absolute atomic E-state index is 0.0877. The monoisotopic (exact) mass is 234 g/mol. The SMILES string of the molecule is CCCN(CCC)c1nc(C)ccc1C(=N)N. The third-order valence-corrected chi connectivity index (χ3v) is 2.59. The van der Waals surface area contributed by atoms with E-state index in [0.29, 0.717) is 0 Å². The third-order valence-electron chi connectivity index (χ3n) is 2.59. The van der Waals surface area contributed by atoms with Crippen molar-refractivity contribution in [3.63, 3.8) is 0 Å². The highest BCUT2D eigenvalue weighted by Gasteiger charge is 2.13. The number of nitrogens with two attached hydrogens (primary N) is 1. The van der Waals surface area contributed by atoms with E-state index in [9.17, 15) is 0 Å². The van der Waals surface area contributed by atoms with Crippen molar-refractivity contribution >= 4 is 11.7 Å². The second-order valence-corrected chi connectivity index (χ2v) is 4.22. The molecule has 1 rings (SSSR count). The zero-order chi connectivity index (χ0) is 12.8. The molecule has 0 radical (unpaired) electrons. The predicted octanol–water partition coefficient (Wildman–Crippen LogP) is 2.30. The van der Waals surface area contributed by atoms with Gasteiger partial charge in [-0.3, -0.25) is 5.41 Å². The number of aromatic nitrogens is 1. The van der Waals surface area contributed by atoms with Crippen LogP contribution < -0.4 is 10.6 Å². The normalized spacial score (nSPS) is 10.3. The Morgan fingerprint density at radius 1 is 1.29 bits per heavy atom. The summed E-state index contributed by atoms with van der Waals surface area (Å²) in [6.45, 7) is 8.15. The molecule has 0 aliphatic carbocycles. The van der Waals surface area contributed by atoms with Gasteiger partial charge in [-0.15, -0.1) is 0 Å². The van der Waals surface area contributed by atoms with Crippen molar-refractivity contribution < 1.29 is 0 Å². The van der Waals surface area contributed by atoms with E-state index in [-0.39, 0.29) is 5.84 Å². The fourth-order valence-corrected chi connectivity index (χ4v) is 1.86. The van der Waals surface area contributed by atoms with Crippen LogP contribution in [0.25, 0.3) is 0 Å². The minimum atomic E-state index is 0.0877. The Kier molecular flexibility index (Phi) is 4.94. The van der Waals surface area contributed by atoms with Crippen LogP contribution in [0, 0.1) is 12.3 Å². The summed E-state index contributed by atoms with van der Waals surface area (Å²) in [6, 6.07) is 3.79. The van der Waals surface area contributed by atoms with E-state index in [1.807, 2.05) is 19.1 Å². The van der Waals surface area contributed by atoms with Gasteiger partial charge in [0.15, 0.2) is 0 Å². The van der Waals surface area contributed by atoms with Crippen LogP contribution in [0.5, 0.6) is 0 Å². The third kappa shape index (κ3) is 3.44. The second-order valence-electron chi connectivity index (χ2n) is 4.22. The molecule has 1 heterocycles. The van der Waals surface area contributed by atoms with Gasteiger partial charge in [0.2, 0.25) is 0 Å². The molecule has 0 fully saturated rings. The van der Waals surface area contributed by atoms with Gasteiger partial charge in [0, 0.05) is 18.8 Å². The number of nitrogens with one attached hydrogen (secondary N) is 1. The first-order chi connectivity index (χ1) is 8.10. The number of anilines is 1. The summed E-state index contributed by atoms with van der Waals surface area (Å²) in [7, 11) is 0. The van der Waals surface area contributed by atoms with Crippen LogP contribution in [0.4, 0.5) is 5.82 Å². The highest BCUT2D eigenvalue weighted by Crippen LogP contribution is 2.18. The fraction of sp³-hybridized carbons (Fsp3) is 0.538. The summed E-state index contributed by atoms with van der Waals surface area (Å²) in [5, 5.41) is 7.62. The molecule has 0 spiro atoms. The van der Waals surface area contributed by atoms with E-state index < -0.39 is 0 Å². The van der Waals surface area contributed by atoms with Crippen LogP contribution in [0.2, 0.25) is 0 Å². The van der Waals surface area contributed by atoms with Gasteiger partial charge >= 0.3 is 0 Å². The molecule has 4 heteroatoms. The molecular formula is C13H22N4. The highest BCUT2D eigenvalue weighted by atomic mass is 15.2. The van der Waals surface area contributed by atoms with Crippen LogP contribution in [-0.4, -0.2) is 23.9 Å². The van der Waals surface area contributed by atoms with Crippen molar-refractivity contribution in [1.82, 2.24) is 4.98 Å². The number of nitrogens with zero attached hydrogens (tertiary/aromatic N) is 2. The van der Waals surface area contributed by atoms with Gasteiger partial charge in [0.25, 0.3) is 0 Å². The van der Waals surface area contributed by atoms with Gasteiger partial charge in [-0.2, -0.15) is 0 Å². The Hall–Kier alpha value is -1.58. The Bertz CT molecular complexity index is 381. The Labute approximate surface area is 103 Å². The first-order valence-electron chi connectivity index (χ1n) is 6.17. The molecule has 0 aromatic carbocycles. The summed E-state index contributed by atoms with van der Waals surface area (Å²) in [4.78, 5) is 6.75. The van der Waals surface area contributed by atoms with Crippen molar-refractivity contribution in [2.45, 2.75) is 33.6 Å². The van der Waals surface area contributed by atoms with Crippen molar-refractivity contribution in [2.24, 2.45) is 5.73 Å². The Balaban J connectivity index is 3.14. The summed E-state index contributed by atoms with van der Waals surface area (Å²) in [5.74, 6) is 0.936. The lowest BCUT2D eigenvalue weighted by Gasteiger charge is -2.25. The van der Waals surface area contributed by atoms with E-state index >= 15 is 0 Å². The van der Waals surface area contributed by atoms with E-state index in [2.05, 4.69) is 23.7 Å². The van der Waals surface area contributed by atoms with Crippen LogP contribution in [0.15, 0.2) is 12.1 Å². The minimum Gasteiger partial charge on any atom is -0.384 e. The molecular weight excluding hydrogens is 212 g/mol. The van der Waals surface area contributed by atoms with Gasteiger partial charge in [-0.05, 0) is 31.9 Å². The molecule has 0 bridgehead atoms. The molecule has 0 aliphatic heterocycles. The number of hydrogen-bond acceptors (Lipinski definition) is 3. The number of nitrogen functional groups attached to an aromatic ring is 1. The van der Waals surface area contributed by atoms with Crippen molar-refractivity contribution in [3.8, 4) is 0 Å². The molecule has 3 N–H and O–H groups in total. The average Bonchev–Trinajstić information content (AvgIpc) is 2.28. The number of amidine groups is 1. The molecule has 0 atom stereocenters. The lowest BCUT2D eigenvalue weighted by Crippen LogP contribution is -2.29. The van der Waals surface area contributed by atoms with Crippen LogP contribution >= 0.6 is 0 Å². The predicted molar refractivity (Wildman–Crippen MR) is 72.8 cm³/mol. The maximum absolute atomic E-state index is 7.62. The quantitative estimate of drug-likeness (QED) is 0.586. The van der Waals surface area contributed by atoms with Gasteiger partial charge in [-0.25, -0.2) is 4.98 Å². The molecule has 0 aliphatic rings. The van der Waals surface area contributed by atoms with E-state index in [4.69, 9.17) is 11.1 Å². The topological polar surface area (TPSA) is 66.0 Å². The van der Waals surface area contributed by atoms with Crippen LogP contribution in [-0.2, 0) is 0 Å². The molecule has 0 saturated carbocycles. The number of aryl methyl sites for hydroxylation is 1.